The molecule has 0 saturated heterocycles. The van der Waals surface area contributed by atoms with Crippen LogP contribution in [0.2, 0.25) is 0 Å². The van der Waals surface area contributed by atoms with Crippen LogP contribution in [0.1, 0.15) is 5.82 Å². The summed E-state index contributed by atoms with van der Waals surface area (Å²) in [6, 6.07) is 8.12. The van der Waals surface area contributed by atoms with E-state index in [2.05, 4.69) is 21.6 Å². The zero-order chi connectivity index (χ0) is 11.8. The Kier molecular flexibility index (Phi) is 2.54. The molecule has 2 N–H and O–H groups in total. The fourth-order valence-corrected chi connectivity index (χ4v) is 2.82. The predicted octanol–water partition coefficient (Wildman–Crippen LogP) is 2.64. The van der Waals surface area contributed by atoms with Crippen molar-refractivity contribution in [1.29, 1.82) is 0 Å². The summed E-state index contributed by atoms with van der Waals surface area (Å²) in [5, 5.41) is 19.1. The van der Waals surface area contributed by atoms with Crippen LogP contribution >= 0.6 is 23.6 Å². The van der Waals surface area contributed by atoms with E-state index in [1.54, 1.807) is 15.9 Å². The first kappa shape index (κ1) is 10.6. The zero-order valence-electron chi connectivity index (χ0n) is 8.75. The van der Waals surface area contributed by atoms with Gasteiger partial charge in [-0.3, -0.25) is 9.67 Å². The van der Waals surface area contributed by atoms with Crippen molar-refractivity contribution in [3.05, 3.63) is 40.2 Å². The number of aliphatic hydroxyl groups is 1. The molecule has 0 aliphatic carbocycles. The summed E-state index contributed by atoms with van der Waals surface area (Å²) >= 11 is 6.86. The minimum atomic E-state index is -0.144. The van der Waals surface area contributed by atoms with Crippen LogP contribution in [-0.4, -0.2) is 19.9 Å². The van der Waals surface area contributed by atoms with Crippen LogP contribution in [0, 0.1) is 4.77 Å². The van der Waals surface area contributed by atoms with Crippen LogP contribution in [0.5, 0.6) is 0 Å². The molecule has 0 fully saturated rings. The van der Waals surface area contributed by atoms with Crippen LogP contribution < -0.4 is 0 Å². The van der Waals surface area contributed by atoms with Gasteiger partial charge in [0.1, 0.15) is 6.61 Å². The second-order valence-electron chi connectivity index (χ2n) is 3.58. The molecule has 2 aromatic heterocycles. The van der Waals surface area contributed by atoms with Gasteiger partial charge in [0.05, 0.1) is 5.69 Å². The van der Waals surface area contributed by atoms with Crippen molar-refractivity contribution in [2.24, 2.45) is 0 Å². The van der Waals surface area contributed by atoms with Crippen LogP contribution in [0.4, 0.5) is 0 Å². The van der Waals surface area contributed by atoms with E-state index >= 15 is 0 Å². The number of aromatic amines is 1. The molecular weight excluding hydrogens is 254 g/mol. The summed E-state index contributed by atoms with van der Waals surface area (Å²) < 4.78 is 3.46. The zero-order valence-corrected chi connectivity index (χ0v) is 10.4. The molecule has 4 nitrogen and oxygen atoms in total. The molecule has 1 aromatic carbocycles. The van der Waals surface area contributed by atoms with Crippen LogP contribution in [0.3, 0.4) is 0 Å². The standard InChI is InChI=1S/C11H9N3OS2/c15-6-10-12-13-11(16)14(10)8-1-2-9-7(5-8)3-4-17-9/h1-5,15H,6H2,(H,13,16). The Labute approximate surface area is 106 Å². The van der Waals surface area contributed by atoms with Gasteiger partial charge in [0.15, 0.2) is 10.6 Å². The quantitative estimate of drug-likeness (QED) is 0.699. The largest absolute Gasteiger partial charge is 0.388 e. The molecule has 0 unspecified atom stereocenters. The van der Waals surface area contributed by atoms with Gasteiger partial charge in [0, 0.05) is 4.70 Å². The Morgan fingerprint density at radius 1 is 1.41 bits per heavy atom. The van der Waals surface area contributed by atoms with Gasteiger partial charge in [-0.25, -0.2) is 0 Å². The lowest BCUT2D eigenvalue weighted by atomic mass is 10.2. The van der Waals surface area contributed by atoms with E-state index in [1.165, 1.54) is 10.1 Å². The van der Waals surface area contributed by atoms with Gasteiger partial charge in [0.25, 0.3) is 0 Å². The number of nitrogens with one attached hydrogen (secondary N) is 1. The molecule has 0 aliphatic heterocycles. The smallest absolute Gasteiger partial charge is 0.199 e. The van der Waals surface area contributed by atoms with Gasteiger partial charge in [0.2, 0.25) is 0 Å². The predicted molar refractivity (Wildman–Crippen MR) is 70.1 cm³/mol. The van der Waals surface area contributed by atoms with Crippen LogP contribution in [0.25, 0.3) is 15.8 Å². The first-order chi connectivity index (χ1) is 8.29. The summed E-state index contributed by atoms with van der Waals surface area (Å²) in [5.74, 6) is 0.518. The Bertz CT molecular complexity index is 725. The van der Waals surface area contributed by atoms with Crippen molar-refractivity contribution in [2.45, 2.75) is 6.61 Å². The third kappa shape index (κ3) is 1.70. The van der Waals surface area contributed by atoms with E-state index in [0.29, 0.717) is 10.6 Å². The maximum atomic E-state index is 9.22. The third-order valence-corrected chi connectivity index (χ3v) is 3.75. The fraction of sp³-hybridized carbons (Fsp3) is 0.0909. The molecule has 0 spiro atoms. The van der Waals surface area contributed by atoms with Gasteiger partial charge in [-0.05, 0) is 47.2 Å². The minimum absolute atomic E-state index is 0.144. The number of hydrogen-bond acceptors (Lipinski definition) is 4. The number of hydrogen-bond donors (Lipinski definition) is 2. The summed E-state index contributed by atoms with van der Waals surface area (Å²) in [4.78, 5) is 0. The average Bonchev–Trinajstić information content (AvgIpc) is 2.93. The number of nitrogens with zero attached hydrogens (tertiary/aromatic N) is 2. The molecule has 0 radical (unpaired) electrons. The lowest BCUT2D eigenvalue weighted by Crippen LogP contribution is -2.00. The first-order valence-electron chi connectivity index (χ1n) is 5.04. The Morgan fingerprint density at radius 3 is 3.12 bits per heavy atom. The summed E-state index contributed by atoms with van der Waals surface area (Å²) in [6.07, 6.45) is 0. The Hall–Kier alpha value is -1.50. The Morgan fingerprint density at radius 2 is 2.29 bits per heavy atom. The highest BCUT2D eigenvalue weighted by molar-refractivity contribution is 7.71. The second-order valence-corrected chi connectivity index (χ2v) is 4.92. The molecule has 3 aromatic rings. The topological polar surface area (TPSA) is 53.8 Å². The molecule has 0 saturated carbocycles. The maximum Gasteiger partial charge on any atom is 0.199 e. The normalized spacial score (nSPS) is 11.1. The highest BCUT2D eigenvalue weighted by atomic mass is 32.1. The molecule has 6 heteroatoms. The molecule has 0 amide bonds. The van der Waals surface area contributed by atoms with Gasteiger partial charge >= 0.3 is 0 Å². The molecule has 0 atom stereocenters. The number of thiophene rings is 1. The van der Waals surface area contributed by atoms with Gasteiger partial charge in [-0.1, -0.05) is 0 Å². The summed E-state index contributed by atoms with van der Waals surface area (Å²) in [5.41, 5.74) is 0.915. The summed E-state index contributed by atoms with van der Waals surface area (Å²) in [7, 11) is 0. The monoisotopic (exact) mass is 263 g/mol. The summed E-state index contributed by atoms with van der Waals surface area (Å²) in [6.45, 7) is -0.144. The number of fused-ring (bicyclic) bond motifs is 1. The number of aliphatic hydroxyl groups excluding tert-OH is 1. The highest BCUT2D eigenvalue weighted by Gasteiger charge is 2.07. The first-order valence-corrected chi connectivity index (χ1v) is 6.33. The highest BCUT2D eigenvalue weighted by Crippen LogP contribution is 2.24. The van der Waals surface area contributed by atoms with Crippen molar-refractivity contribution in [3.8, 4) is 5.69 Å². The molecule has 17 heavy (non-hydrogen) atoms. The van der Waals surface area contributed by atoms with Crippen LogP contribution in [0.15, 0.2) is 29.6 Å². The van der Waals surface area contributed by atoms with E-state index in [9.17, 15) is 5.11 Å². The van der Waals surface area contributed by atoms with Gasteiger partial charge in [-0.15, -0.1) is 11.3 Å². The number of benzene rings is 1. The third-order valence-electron chi connectivity index (χ3n) is 2.58. The molecular formula is C11H9N3OS2. The van der Waals surface area contributed by atoms with E-state index in [1.807, 2.05) is 18.2 Å². The minimum Gasteiger partial charge on any atom is -0.388 e. The molecule has 86 valence electrons. The van der Waals surface area contributed by atoms with E-state index in [4.69, 9.17) is 12.2 Å². The van der Waals surface area contributed by atoms with Crippen molar-refractivity contribution in [2.75, 3.05) is 0 Å². The molecule has 3 rings (SSSR count). The van der Waals surface area contributed by atoms with Gasteiger partial charge < -0.3 is 5.11 Å². The lowest BCUT2D eigenvalue weighted by Gasteiger charge is -2.04. The van der Waals surface area contributed by atoms with Crippen molar-refractivity contribution < 1.29 is 5.11 Å². The van der Waals surface area contributed by atoms with E-state index in [-0.39, 0.29) is 6.61 Å². The molecule has 2 heterocycles. The number of aromatic nitrogens is 3. The Balaban J connectivity index is 2.26. The van der Waals surface area contributed by atoms with E-state index in [0.717, 1.165) is 5.69 Å². The molecule has 0 bridgehead atoms. The van der Waals surface area contributed by atoms with E-state index < -0.39 is 0 Å². The molecule has 0 aliphatic rings. The van der Waals surface area contributed by atoms with Crippen molar-refractivity contribution in [3.63, 3.8) is 0 Å². The number of H-pyrrole nitrogens is 1. The second kappa shape index (κ2) is 4.06. The maximum absolute atomic E-state index is 9.22. The number of rotatable bonds is 2. The SMILES string of the molecule is OCc1n[nH]c(=S)n1-c1ccc2sccc2c1. The average molecular weight is 263 g/mol. The van der Waals surface area contributed by atoms with Gasteiger partial charge in [-0.2, -0.15) is 5.10 Å². The fourth-order valence-electron chi connectivity index (χ4n) is 1.80. The van der Waals surface area contributed by atoms with Crippen LogP contribution in [-0.2, 0) is 6.61 Å². The lowest BCUT2D eigenvalue weighted by molar-refractivity contribution is 0.269. The van der Waals surface area contributed by atoms with Crippen molar-refractivity contribution >= 4 is 33.6 Å². The van der Waals surface area contributed by atoms with Crippen molar-refractivity contribution in [1.82, 2.24) is 14.8 Å².